The molecule has 0 spiro atoms. The van der Waals surface area contributed by atoms with Crippen molar-refractivity contribution in [2.75, 3.05) is 16.4 Å². The second-order valence-electron chi connectivity index (χ2n) is 7.05. The van der Waals surface area contributed by atoms with Gasteiger partial charge in [-0.25, -0.2) is 0 Å². The van der Waals surface area contributed by atoms with Crippen LogP contribution in [0.5, 0.6) is 0 Å². The van der Waals surface area contributed by atoms with Gasteiger partial charge in [0.1, 0.15) is 0 Å². The Labute approximate surface area is 200 Å². The van der Waals surface area contributed by atoms with Gasteiger partial charge in [0.15, 0.2) is 11.0 Å². The lowest BCUT2D eigenvalue weighted by molar-refractivity contribution is -0.115. The Morgan fingerprint density at radius 1 is 0.909 bits per heavy atom. The van der Waals surface area contributed by atoms with E-state index in [-0.39, 0.29) is 17.6 Å². The standard InChI is InChI=1S/C24H20ClN5O2S/c1-16(31)26-20-13-12-18(25)14-21(20)27-22(32)15-33-24-29-28-23(17-8-4-2-5-9-17)30(24)19-10-6-3-7-11-19/h2-14H,15H2,1H3,(H,26,31)(H,27,32). The second-order valence-corrected chi connectivity index (χ2v) is 8.43. The highest BCUT2D eigenvalue weighted by molar-refractivity contribution is 7.99. The average Bonchev–Trinajstić information content (AvgIpc) is 3.24. The number of hydrogen-bond donors (Lipinski definition) is 2. The van der Waals surface area contributed by atoms with Crippen LogP contribution in [0.1, 0.15) is 6.92 Å². The van der Waals surface area contributed by atoms with Crippen molar-refractivity contribution in [3.05, 3.63) is 83.9 Å². The van der Waals surface area contributed by atoms with Gasteiger partial charge in [-0.3, -0.25) is 14.2 Å². The van der Waals surface area contributed by atoms with E-state index in [1.54, 1.807) is 18.2 Å². The monoisotopic (exact) mass is 477 g/mol. The maximum absolute atomic E-state index is 12.7. The first-order chi connectivity index (χ1) is 16.0. The molecule has 0 aliphatic rings. The van der Waals surface area contributed by atoms with Crippen LogP contribution in [0.15, 0.2) is 84.0 Å². The van der Waals surface area contributed by atoms with Crippen molar-refractivity contribution in [3.63, 3.8) is 0 Å². The number of anilines is 2. The number of amides is 2. The summed E-state index contributed by atoms with van der Waals surface area (Å²) in [7, 11) is 0. The molecule has 2 amide bonds. The maximum atomic E-state index is 12.7. The van der Waals surface area contributed by atoms with Crippen molar-refractivity contribution < 1.29 is 9.59 Å². The molecule has 4 aromatic rings. The summed E-state index contributed by atoms with van der Waals surface area (Å²) in [5, 5.41) is 15.2. The third-order valence-electron chi connectivity index (χ3n) is 4.58. The number of nitrogens with one attached hydrogen (secondary N) is 2. The van der Waals surface area contributed by atoms with E-state index in [1.807, 2.05) is 65.2 Å². The van der Waals surface area contributed by atoms with Gasteiger partial charge in [-0.2, -0.15) is 0 Å². The molecule has 0 unspecified atom stereocenters. The Balaban J connectivity index is 1.56. The predicted molar refractivity (Wildman–Crippen MR) is 132 cm³/mol. The molecule has 0 saturated heterocycles. The average molecular weight is 478 g/mol. The number of halogens is 1. The lowest BCUT2D eigenvalue weighted by atomic mass is 10.2. The molecule has 33 heavy (non-hydrogen) atoms. The Bertz CT molecular complexity index is 1280. The summed E-state index contributed by atoms with van der Waals surface area (Å²) in [6.45, 7) is 1.40. The van der Waals surface area contributed by atoms with Crippen LogP contribution in [0.3, 0.4) is 0 Å². The van der Waals surface area contributed by atoms with E-state index < -0.39 is 0 Å². The minimum Gasteiger partial charge on any atom is -0.325 e. The first kappa shape index (κ1) is 22.6. The fourth-order valence-electron chi connectivity index (χ4n) is 3.18. The van der Waals surface area contributed by atoms with Gasteiger partial charge in [0.2, 0.25) is 11.8 Å². The summed E-state index contributed by atoms with van der Waals surface area (Å²) in [5.41, 5.74) is 2.72. The van der Waals surface area contributed by atoms with Crippen LogP contribution < -0.4 is 10.6 Å². The van der Waals surface area contributed by atoms with Crippen LogP contribution in [0.4, 0.5) is 11.4 Å². The largest absolute Gasteiger partial charge is 0.325 e. The summed E-state index contributed by atoms with van der Waals surface area (Å²) in [4.78, 5) is 24.2. The van der Waals surface area contributed by atoms with Crippen LogP contribution in [-0.4, -0.2) is 32.3 Å². The van der Waals surface area contributed by atoms with E-state index in [0.29, 0.717) is 27.4 Å². The minimum atomic E-state index is -0.266. The van der Waals surface area contributed by atoms with Gasteiger partial charge in [0, 0.05) is 23.2 Å². The zero-order valence-electron chi connectivity index (χ0n) is 17.7. The van der Waals surface area contributed by atoms with E-state index in [2.05, 4.69) is 20.8 Å². The van der Waals surface area contributed by atoms with E-state index in [1.165, 1.54) is 18.7 Å². The smallest absolute Gasteiger partial charge is 0.234 e. The van der Waals surface area contributed by atoms with E-state index in [9.17, 15) is 9.59 Å². The highest BCUT2D eigenvalue weighted by Crippen LogP contribution is 2.29. The number of para-hydroxylation sites is 1. The molecule has 1 heterocycles. The van der Waals surface area contributed by atoms with Gasteiger partial charge in [-0.1, -0.05) is 71.9 Å². The summed E-state index contributed by atoms with van der Waals surface area (Å²) in [6.07, 6.45) is 0. The van der Waals surface area contributed by atoms with Crippen molar-refractivity contribution in [1.29, 1.82) is 0 Å². The zero-order valence-corrected chi connectivity index (χ0v) is 19.2. The number of carbonyl (C=O) groups is 2. The molecule has 0 saturated carbocycles. The van der Waals surface area contributed by atoms with Crippen molar-refractivity contribution in [3.8, 4) is 17.1 Å². The Kier molecular flexibility index (Phi) is 7.07. The molecule has 0 aliphatic heterocycles. The van der Waals surface area contributed by atoms with E-state index >= 15 is 0 Å². The van der Waals surface area contributed by atoms with Crippen LogP contribution in [0.2, 0.25) is 5.02 Å². The molecule has 4 rings (SSSR count). The van der Waals surface area contributed by atoms with Gasteiger partial charge < -0.3 is 10.6 Å². The van der Waals surface area contributed by atoms with Crippen molar-refractivity contribution >= 4 is 46.6 Å². The van der Waals surface area contributed by atoms with Crippen molar-refractivity contribution in [1.82, 2.24) is 14.8 Å². The minimum absolute atomic E-state index is 0.0891. The Morgan fingerprint density at radius 2 is 1.61 bits per heavy atom. The fraction of sp³-hybridized carbons (Fsp3) is 0.0833. The molecule has 0 atom stereocenters. The molecule has 0 fully saturated rings. The first-order valence-electron chi connectivity index (χ1n) is 10.1. The van der Waals surface area contributed by atoms with Gasteiger partial charge in [0.25, 0.3) is 0 Å². The number of aromatic nitrogens is 3. The molecule has 166 valence electrons. The molecule has 1 aromatic heterocycles. The van der Waals surface area contributed by atoms with Crippen molar-refractivity contribution in [2.45, 2.75) is 12.1 Å². The second kappa shape index (κ2) is 10.3. The normalized spacial score (nSPS) is 10.6. The van der Waals surface area contributed by atoms with Crippen LogP contribution in [-0.2, 0) is 9.59 Å². The number of rotatable bonds is 7. The number of carbonyl (C=O) groups excluding carboxylic acids is 2. The quantitative estimate of drug-likeness (QED) is 0.354. The van der Waals surface area contributed by atoms with Gasteiger partial charge in [-0.15, -0.1) is 10.2 Å². The maximum Gasteiger partial charge on any atom is 0.234 e. The van der Waals surface area contributed by atoms with Gasteiger partial charge >= 0.3 is 0 Å². The van der Waals surface area contributed by atoms with Gasteiger partial charge in [0.05, 0.1) is 17.1 Å². The van der Waals surface area contributed by atoms with Crippen LogP contribution in [0.25, 0.3) is 17.1 Å². The molecule has 0 bridgehead atoms. The summed E-state index contributed by atoms with van der Waals surface area (Å²) in [5.74, 6) is 0.267. The number of benzene rings is 3. The number of hydrogen-bond acceptors (Lipinski definition) is 5. The number of nitrogens with zero attached hydrogens (tertiary/aromatic N) is 3. The van der Waals surface area contributed by atoms with Crippen LogP contribution in [0, 0.1) is 0 Å². The lowest BCUT2D eigenvalue weighted by Crippen LogP contribution is -2.17. The van der Waals surface area contributed by atoms with E-state index in [4.69, 9.17) is 11.6 Å². The first-order valence-corrected chi connectivity index (χ1v) is 11.4. The third kappa shape index (κ3) is 5.60. The highest BCUT2D eigenvalue weighted by Gasteiger charge is 2.17. The molecule has 0 aliphatic carbocycles. The molecule has 2 N–H and O–H groups in total. The SMILES string of the molecule is CC(=O)Nc1ccc(Cl)cc1NC(=O)CSc1nnc(-c2ccccc2)n1-c1ccccc1. The topological polar surface area (TPSA) is 88.9 Å². The lowest BCUT2D eigenvalue weighted by Gasteiger charge is -2.12. The molecule has 9 heteroatoms. The highest BCUT2D eigenvalue weighted by atomic mass is 35.5. The van der Waals surface area contributed by atoms with E-state index in [0.717, 1.165) is 11.3 Å². The molecule has 0 radical (unpaired) electrons. The zero-order chi connectivity index (χ0) is 23.2. The summed E-state index contributed by atoms with van der Waals surface area (Å²) in [6, 6.07) is 24.4. The van der Waals surface area contributed by atoms with Crippen LogP contribution >= 0.6 is 23.4 Å². The Morgan fingerprint density at radius 3 is 2.30 bits per heavy atom. The predicted octanol–water partition coefficient (Wildman–Crippen LogP) is 5.28. The van der Waals surface area contributed by atoms with Gasteiger partial charge in [-0.05, 0) is 30.3 Å². The summed E-state index contributed by atoms with van der Waals surface area (Å²) >= 11 is 7.33. The third-order valence-corrected chi connectivity index (χ3v) is 5.74. The summed E-state index contributed by atoms with van der Waals surface area (Å²) < 4.78 is 1.93. The van der Waals surface area contributed by atoms with Crippen molar-refractivity contribution in [2.24, 2.45) is 0 Å². The molecular formula is C24H20ClN5O2S. The fourth-order valence-corrected chi connectivity index (χ4v) is 4.11. The number of thioether (sulfide) groups is 1. The molecular weight excluding hydrogens is 458 g/mol. The molecule has 7 nitrogen and oxygen atoms in total. The molecule has 3 aromatic carbocycles. The Hall–Kier alpha value is -3.62.